The number of rotatable bonds is 4. The van der Waals surface area contributed by atoms with Crippen molar-refractivity contribution in [2.45, 2.75) is 6.54 Å². The molecule has 0 radical (unpaired) electrons. The first-order valence-corrected chi connectivity index (χ1v) is 8.06. The van der Waals surface area contributed by atoms with Gasteiger partial charge in [0.15, 0.2) is 0 Å². The molecular formula is C19H14N2OS. The summed E-state index contributed by atoms with van der Waals surface area (Å²) < 4.78 is 0. The second-order valence-corrected chi connectivity index (χ2v) is 5.94. The van der Waals surface area contributed by atoms with E-state index < -0.39 is 0 Å². The molecule has 0 saturated heterocycles. The first-order chi connectivity index (χ1) is 11.3. The monoisotopic (exact) mass is 318 g/mol. The van der Waals surface area contributed by atoms with E-state index in [1.807, 2.05) is 53.9 Å². The Morgan fingerprint density at radius 3 is 2.48 bits per heavy atom. The molecular weight excluding hydrogens is 304 g/mol. The van der Waals surface area contributed by atoms with Crippen molar-refractivity contribution in [3.8, 4) is 17.2 Å². The van der Waals surface area contributed by atoms with Crippen LogP contribution in [0.4, 0.5) is 0 Å². The van der Waals surface area contributed by atoms with Gasteiger partial charge in [0.1, 0.15) is 0 Å². The second-order valence-electron chi connectivity index (χ2n) is 5.02. The zero-order valence-electron chi connectivity index (χ0n) is 12.3. The van der Waals surface area contributed by atoms with Crippen molar-refractivity contribution in [3.63, 3.8) is 0 Å². The number of thiophene rings is 1. The van der Waals surface area contributed by atoms with E-state index in [4.69, 9.17) is 5.26 Å². The third-order valence-corrected chi connectivity index (χ3v) is 4.41. The van der Waals surface area contributed by atoms with Gasteiger partial charge in [0.25, 0.3) is 5.91 Å². The number of nitriles is 1. The van der Waals surface area contributed by atoms with E-state index in [9.17, 15) is 4.79 Å². The van der Waals surface area contributed by atoms with Crippen molar-refractivity contribution >= 4 is 17.2 Å². The van der Waals surface area contributed by atoms with E-state index in [1.165, 1.54) is 11.3 Å². The molecule has 1 amide bonds. The summed E-state index contributed by atoms with van der Waals surface area (Å²) in [5.74, 6) is -0.0804. The van der Waals surface area contributed by atoms with Crippen molar-refractivity contribution in [3.05, 3.63) is 82.0 Å². The Labute approximate surface area is 138 Å². The van der Waals surface area contributed by atoms with Crippen LogP contribution in [0.15, 0.2) is 66.0 Å². The number of benzene rings is 2. The summed E-state index contributed by atoms with van der Waals surface area (Å²) in [5, 5.41) is 13.7. The number of hydrogen-bond acceptors (Lipinski definition) is 3. The zero-order chi connectivity index (χ0) is 16.1. The molecule has 1 heterocycles. The molecule has 4 heteroatoms. The highest BCUT2D eigenvalue weighted by atomic mass is 32.1. The summed E-state index contributed by atoms with van der Waals surface area (Å²) in [6.07, 6.45) is 0. The summed E-state index contributed by atoms with van der Waals surface area (Å²) in [5.41, 5.74) is 3.57. The van der Waals surface area contributed by atoms with Gasteiger partial charge in [-0.05, 0) is 34.7 Å². The van der Waals surface area contributed by atoms with Crippen LogP contribution in [0.3, 0.4) is 0 Å². The quantitative estimate of drug-likeness (QED) is 0.783. The Morgan fingerprint density at radius 1 is 1.04 bits per heavy atom. The van der Waals surface area contributed by atoms with Crippen LogP contribution in [-0.4, -0.2) is 5.91 Å². The maximum atomic E-state index is 12.4. The number of amides is 1. The van der Waals surface area contributed by atoms with Gasteiger partial charge in [-0.25, -0.2) is 0 Å². The van der Waals surface area contributed by atoms with Gasteiger partial charge < -0.3 is 5.32 Å². The maximum Gasteiger partial charge on any atom is 0.262 e. The average Bonchev–Trinajstić information content (AvgIpc) is 3.11. The molecule has 3 aromatic rings. The molecule has 0 bridgehead atoms. The van der Waals surface area contributed by atoms with Gasteiger partial charge in [0, 0.05) is 12.1 Å². The van der Waals surface area contributed by atoms with E-state index in [2.05, 4.69) is 11.4 Å². The second kappa shape index (κ2) is 6.91. The molecule has 112 valence electrons. The molecule has 23 heavy (non-hydrogen) atoms. The number of carbonyl (C=O) groups excluding carboxylic acids is 1. The Hall–Kier alpha value is -2.90. The van der Waals surface area contributed by atoms with Crippen LogP contribution in [0.1, 0.15) is 20.8 Å². The fraction of sp³-hybridized carbons (Fsp3) is 0.0526. The Bertz CT molecular complexity index is 845. The zero-order valence-corrected chi connectivity index (χ0v) is 13.1. The highest BCUT2D eigenvalue weighted by molar-refractivity contribution is 7.12. The molecule has 0 aliphatic rings. The van der Waals surface area contributed by atoms with Gasteiger partial charge in [-0.2, -0.15) is 5.26 Å². The smallest absolute Gasteiger partial charge is 0.262 e. The highest BCUT2D eigenvalue weighted by Gasteiger charge is 2.14. The summed E-state index contributed by atoms with van der Waals surface area (Å²) in [4.78, 5) is 13.2. The molecule has 0 aliphatic heterocycles. The lowest BCUT2D eigenvalue weighted by Crippen LogP contribution is -2.22. The summed E-state index contributed by atoms with van der Waals surface area (Å²) in [7, 11) is 0. The van der Waals surface area contributed by atoms with Gasteiger partial charge in [-0.15, -0.1) is 11.3 Å². The number of nitrogens with zero attached hydrogens (tertiary/aromatic N) is 1. The van der Waals surface area contributed by atoms with Crippen LogP contribution in [0.5, 0.6) is 0 Å². The van der Waals surface area contributed by atoms with E-state index in [1.54, 1.807) is 12.1 Å². The van der Waals surface area contributed by atoms with Crippen LogP contribution in [0.25, 0.3) is 11.1 Å². The van der Waals surface area contributed by atoms with E-state index in [0.717, 1.165) is 16.7 Å². The summed E-state index contributed by atoms with van der Waals surface area (Å²) in [6, 6.07) is 21.1. The van der Waals surface area contributed by atoms with Crippen molar-refractivity contribution < 1.29 is 4.79 Å². The van der Waals surface area contributed by atoms with Gasteiger partial charge in [0.05, 0.1) is 16.5 Å². The minimum Gasteiger partial charge on any atom is -0.347 e. The standard InChI is InChI=1S/C19H14N2OS/c20-12-14-6-8-15(9-7-14)13-21-19(22)18-17(10-11-23-18)16-4-2-1-3-5-16/h1-11H,13H2,(H,21,22). The molecule has 0 fully saturated rings. The molecule has 1 N–H and O–H groups in total. The lowest BCUT2D eigenvalue weighted by molar-refractivity contribution is 0.0955. The molecule has 0 aliphatic carbocycles. The van der Waals surface area contributed by atoms with Crippen molar-refractivity contribution in [2.75, 3.05) is 0 Å². The maximum absolute atomic E-state index is 12.4. The molecule has 1 aromatic heterocycles. The predicted octanol–water partition coefficient (Wildman–Crippen LogP) is 4.22. The normalized spacial score (nSPS) is 10.0. The van der Waals surface area contributed by atoms with Gasteiger partial charge >= 0.3 is 0 Å². The van der Waals surface area contributed by atoms with Crippen LogP contribution in [0, 0.1) is 11.3 Å². The molecule has 3 rings (SSSR count). The SMILES string of the molecule is N#Cc1ccc(CNC(=O)c2sccc2-c2ccccc2)cc1. The number of nitrogens with one attached hydrogen (secondary N) is 1. The molecule has 0 atom stereocenters. The fourth-order valence-corrected chi connectivity index (χ4v) is 3.12. The van der Waals surface area contributed by atoms with Gasteiger partial charge in [-0.3, -0.25) is 4.79 Å². The third kappa shape index (κ3) is 3.47. The van der Waals surface area contributed by atoms with E-state index in [-0.39, 0.29) is 5.91 Å². The van der Waals surface area contributed by atoms with Crippen molar-refractivity contribution in [1.29, 1.82) is 5.26 Å². The van der Waals surface area contributed by atoms with Crippen LogP contribution in [0.2, 0.25) is 0 Å². The Morgan fingerprint density at radius 2 is 1.78 bits per heavy atom. The van der Waals surface area contributed by atoms with Crippen molar-refractivity contribution in [2.24, 2.45) is 0 Å². The molecule has 2 aromatic carbocycles. The minimum atomic E-state index is -0.0804. The fourth-order valence-electron chi connectivity index (χ4n) is 2.29. The van der Waals surface area contributed by atoms with Crippen LogP contribution < -0.4 is 5.32 Å². The number of carbonyl (C=O) groups is 1. The van der Waals surface area contributed by atoms with Gasteiger partial charge in [0.2, 0.25) is 0 Å². The lowest BCUT2D eigenvalue weighted by Gasteiger charge is -2.07. The van der Waals surface area contributed by atoms with Crippen LogP contribution >= 0.6 is 11.3 Å². The first kappa shape index (κ1) is 15.0. The van der Waals surface area contributed by atoms with E-state index >= 15 is 0 Å². The topological polar surface area (TPSA) is 52.9 Å². The van der Waals surface area contributed by atoms with Gasteiger partial charge in [-0.1, -0.05) is 42.5 Å². The molecule has 0 unspecified atom stereocenters. The lowest BCUT2D eigenvalue weighted by atomic mass is 10.1. The average molecular weight is 318 g/mol. The first-order valence-electron chi connectivity index (χ1n) is 7.18. The number of hydrogen-bond donors (Lipinski definition) is 1. The van der Waals surface area contributed by atoms with E-state index in [0.29, 0.717) is 17.0 Å². The highest BCUT2D eigenvalue weighted by Crippen LogP contribution is 2.28. The predicted molar refractivity (Wildman–Crippen MR) is 92.1 cm³/mol. The Balaban J connectivity index is 1.72. The minimum absolute atomic E-state index is 0.0804. The molecule has 3 nitrogen and oxygen atoms in total. The van der Waals surface area contributed by atoms with Crippen molar-refractivity contribution in [1.82, 2.24) is 5.32 Å². The molecule has 0 spiro atoms. The summed E-state index contributed by atoms with van der Waals surface area (Å²) >= 11 is 1.44. The largest absolute Gasteiger partial charge is 0.347 e. The molecule has 0 saturated carbocycles. The van der Waals surface area contributed by atoms with Crippen LogP contribution in [-0.2, 0) is 6.54 Å². The third-order valence-electron chi connectivity index (χ3n) is 3.49. The Kier molecular flexibility index (Phi) is 4.51. The summed E-state index contributed by atoms with van der Waals surface area (Å²) in [6.45, 7) is 0.441.